The number of piperidine rings is 1. The van der Waals surface area contributed by atoms with Crippen molar-refractivity contribution in [2.45, 2.75) is 19.8 Å². The summed E-state index contributed by atoms with van der Waals surface area (Å²) >= 11 is 0. The zero-order valence-electron chi connectivity index (χ0n) is 10.4. The Morgan fingerprint density at radius 3 is 3.06 bits per heavy atom. The van der Waals surface area contributed by atoms with Crippen molar-refractivity contribution in [3.63, 3.8) is 0 Å². The Balaban J connectivity index is 1.88. The fourth-order valence-electron chi connectivity index (χ4n) is 2.12. The Labute approximate surface area is 103 Å². The lowest BCUT2D eigenvalue weighted by atomic mass is 9.98. The molecular formula is C13H21N3O. The summed E-state index contributed by atoms with van der Waals surface area (Å²) in [7, 11) is 0. The highest BCUT2D eigenvalue weighted by atomic mass is 16.5. The number of ether oxygens (including phenoxy) is 1. The number of rotatable bonds is 5. The summed E-state index contributed by atoms with van der Waals surface area (Å²) in [4.78, 5) is 4.33. The van der Waals surface area contributed by atoms with Gasteiger partial charge in [0.1, 0.15) is 0 Å². The van der Waals surface area contributed by atoms with Crippen molar-refractivity contribution < 1.29 is 4.74 Å². The number of nitrogens with zero attached hydrogens (tertiary/aromatic N) is 1. The van der Waals surface area contributed by atoms with Gasteiger partial charge < -0.3 is 15.4 Å². The van der Waals surface area contributed by atoms with Gasteiger partial charge in [0.25, 0.3) is 0 Å². The van der Waals surface area contributed by atoms with Crippen LogP contribution >= 0.6 is 0 Å². The number of hydrogen-bond acceptors (Lipinski definition) is 4. The van der Waals surface area contributed by atoms with Crippen LogP contribution in [0.15, 0.2) is 18.3 Å². The predicted octanol–water partition coefficient (Wildman–Crippen LogP) is 1.89. The smallest absolute Gasteiger partial charge is 0.168 e. The molecule has 2 rings (SSSR count). The zero-order valence-corrected chi connectivity index (χ0v) is 10.4. The van der Waals surface area contributed by atoms with Gasteiger partial charge in [0.2, 0.25) is 0 Å². The van der Waals surface area contributed by atoms with E-state index in [1.807, 2.05) is 19.1 Å². The van der Waals surface area contributed by atoms with Crippen LogP contribution in [-0.4, -0.2) is 31.2 Å². The maximum atomic E-state index is 5.54. The topological polar surface area (TPSA) is 46.2 Å². The lowest BCUT2D eigenvalue weighted by Gasteiger charge is -2.23. The minimum absolute atomic E-state index is 0.674. The SMILES string of the molecule is CCOc1cccnc1NCC1CCNCC1. The van der Waals surface area contributed by atoms with Crippen molar-refractivity contribution in [3.8, 4) is 5.75 Å². The van der Waals surface area contributed by atoms with Gasteiger partial charge >= 0.3 is 0 Å². The molecule has 17 heavy (non-hydrogen) atoms. The summed E-state index contributed by atoms with van der Waals surface area (Å²) < 4.78 is 5.54. The van der Waals surface area contributed by atoms with Gasteiger partial charge in [0.05, 0.1) is 6.61 Å². The molecule has 1 aliphatic rings. The van der Waals surface area contributed by atoms with Gasteiger partial charge in [-0.3, -0.25) is 0 Å². The minimum atomic E-state index is 0.674. The fraction of sp³-hybridized carbons (Fsp3) is 0.615. The summed E-state index contributed by atoms with van der Waals surface area (Å²) in [6.45, 7) is 5.91. The second-order valence-corrected chi connectivity index (χ2v) is 4.36. The molecule has 1 fully saturated rings. The second kappa shape index (κ2) is 6.45. The number of nitrogens with one attached hydrogen (secondary N) is 2. The summed E-state index contributed by atoms with van der Waals surface area (Å²) in [5.74, 6) is 2.46. The van der Waals surface area contributed by atoms with Crippen molar-refractivity contribution in [2.75, 3.05) is 31.6 Å². The molecule has 0 amide bonds. The van der Waals surface area contributed by atoms with E-state index in [1.54, 1.807) is 6.20 Å². The molecule has 4 heteroatoms. The van der Waals surface area contributed by atoms with Gasteiger partial charge in [0.15, 0.2) is 11.6 Å². The molecular weight excluding hydrogens is 214 g/mol. The van der Waals surface area contributed by atoms with Crippen LogP contribution in [0.25, 0.3) is 0 Å². The van der Waals surface area contributed by atoms with Gasteiger partial charge in [-0.2, -0.15) is 0 Å². The molecule has 1 aliphatic heterocycles. The first-order valence-corrected chi connectivity index (χ1v) is 6.42. The van der Waals surface area contributed by atoms with Crippen molar-refractivity contribution >= 4 is 5.82 Å². The second-order valence-electron chi connectivity index (χ2n) is 4.36. The van der Waals surface area contributed by atoms with Gasteiger partial charge in [-0.05, 0) is 50.9 Å². The Bertz CT molecular complexity index is 337. The van der Waals surface area contributed by atoms with E-state index in [-0.39, 0.29) is 0 Å². The van der Waals surface area contributed by atoms with Crippen LogP contribution in [0.3, 0.4) is 0 Å². The van der Waals surface area contributed by atoms with Gasteiger partial charge in [-0.25, -0.2) is 4.98 Å². The van der Waals surface area contributed by atoms with Crippen LogP contribution in [-0.2, 0) is 0 Å². The fourth-order valence-corrected chi connectivity index (χ4v) is 2.12. The average molecular weight is 235 g/mol. The molecule has 0 unspecified atom stereocenters. The van der Waals surface area contributed by atoms with Crippen molar-refractivity contribution in [2.24, 2.45) is 5.92 Å². The Kier molecular flexibility index (Phi) is 4.62. The summed E-state index contributed by atoms with van der Waals surface area (Å²) in [5.41, 5.74) is 0. The number of pyridine rings is 1. The molecule has 0 spiro atoms. The third-order valence-corrected chi connectivity index (χ3v) is 3.09. The van der Waals surface area contributed by atoms with E-state index < -0.39 is 0 Å². The Hall–Kier alpha value is -1.29. The van der Waals surface area contributed by atoms with Crippen molar-refractivity contribution in [3.05, 3.63) is 18.3 Å². The predicted molar refractivity (Wildman–Crippen MR) is 69.5 cm³/mol. The van der Waals surface area contributed by atoms with E-state index in [1.165, 1.54) is 12.8 Å². The van der Waals surface area contributed by atoms with Crippen LogP contribution in [0.2, 0.25) is 0 Å². The molecule has 0 atom stereocenters. The summed E-state index contributed by atoms with van der Waals surface area (Å²) in [5, 5.41) is 6.78. The van der Waals surface area contributed by atoms with Crippen LogP contribution in [0.1, 0.15) is 19.8 Å². The third-order valence-electron chi connectivity index (χ3n) is 3.09. The van der Waals surface area contributed by atoms with E-state index in [4.69, 9.17) is 4.74 Å². The first kappa shape index (κ1) is 12.2. The number of aromatic nitrogens is 1. The minimum Gasteiger partial charge on any atom is -0.490 e. The van der Waals surface area contributed by atoms with Crippen LogP contribution in [0.5, 0.6) is 5.75 Å². The van der Waals surface area contributed by atoms with Crippen molar-refractivity contribution in [1.29, 1.82) is 0 Å². The average Bonchev–Trinajstić information content (AvgIpc) is 2.39. The van der Waals surface area contributed by atoms with Crippen LogP contribution < -0.4 is 15.4 Å². The zero-order chi connectivity index (χ0) is 11.9. The molecule has 1 aromatic rings. The Morgan fingerprint density at radius 2 is 2.29 bits per heavy atom. The van der Waals surface area contributed by atoms with Gasteiger partial charge in [-0.1, -0.05) is 0 Å². The van der Waals surface area contributed by atoms with Crippen molar-refractivity contribution in [1.82, 2.24) is 10.3 Å². The van der Waals surface area contributed by atoms with E-state index in [0.29, 0.717) is 6.61 Å². The van der Waals surface area contributed by atoms with E-state index >= 15 is 0 Å². The molecule has 4 nitrogen and oxygen atoms in total. The molecule has 0 radical (unpaired) electrons. The molecule has 2 N–H and O–H groups in total. The van der Waals surface area contributed by atoms with Crippen LogP contribution in [0, 0.1) is 5.92 Å². The molecule has 0 aliphatic carbocycles. The number of anilines is 1. The first-order valence-electron chi connectivity index (χ1n) is 6.42. The lowest BCUT2D eigenvalue weighted by molar-refractivity contribution is 0.339. The highest BCUT2D eigenvalue weighted by Crippen LogP contribution is 2.22. The molecule has 94 valence electrons. The summed E-state index contributed by atoms with van der Waals surface area (Å²) in [6, 6.07) is 3.86. The first-order chi connectivity index (χ1) is 8.40. The van der Waals surface area contributed by atoms with E-state index in [2.05, 4.69) is 15.6 Å². The van der Waals surface area contributed by atoms with Crippen LogP contribution in [0.4, 0.5) is 5.82 Å². The molecule has 0 bridgehead atoms. The van der Waals surface area contributed by atoms with E-state index in [0.717, 1.165) is 37.1 Å². The maximum Gasteiger partial charge on any atom is 0.168 e. The third kappa shape index (κ3) is 3.60. The standard InChI is InChI=1S/C13H21N3O/c1-2-17-12-4-3-7-15-13(12)16-10-11-5-8-14-9-6-11/h3-4,7,11,14H,2,5-6,8-10H2,1H3,(H,15,16). The van der Waals surface area contributed by atoms with Gasteiger partial charge in [0, 0.05) is 12.7 Å². The monoisotopic (exact) mass is 235 g/mol. The maximum absolute atomic E-state index is 5.54. The van der Waals surface area contributed by atoms with Gasteiger partial charge in [-0.15, -0.1) is 0 Å². The van der Waals surface area contributed by atoms with E-state index in [9.17, 15) is 0 Å². The highest BCUT2D eigenvalue weighted by Gasteiger charge is 2.13. The normalized spacial score (nSPS) is 16.8. The summed E-state index contributed by atoms with van der Waals surface area (Å²) in [6.07, 6.45) is 4.28. The Morgan fingerprint density at radius 1 is 1.47 bits per heavy atom. The lowest BCUT2D eigenvalue weighted by Crippen LogP contribution is -2.31. The molecule has 1 aromatic heterocycles. The largest absolute Gasteiger partial charge is 0.490 e. The molecule has 0 saturated carbocycles. The number of hydrogen-bond donors (Lipinski definition) is 2. The molecule has 0 aromatic carbocycles. The molecule has 1 saturated heterocycles. The highest BCUT2D eigenvalue weighted by molar-refractivity contribution is 5.49. The molecule has 2 heterocycles. The quantitative estimate of drug-likeness (QED) is 0.818.